The van der Waals surface area contributed by atoms with E-state index in [1.54, 1.807) is 0 Å². The minimum atomic E-state index is 0.897. The first kappa shape index (κ1) is 36.9. The highest BCUT2D eigenvalue weighted by Crippen LogP contribution is 2.46. The topological polar surface area (TPSA) is 21.3 Å². The molecule has 2 aromatic heterocycles. The van der Waals surface area contributed by atoms with Crippen LogP contribution in [0.15, 0.2) is 247 Å². The largest absolute Gasteiger partial charge is 0.455 e. The fourth-order valence-corrected chi connectivity index (χ4v) is 10.2. The summed E-state index contributed by atoms with van der Waals surface area (Å²) >= 11 is 0. The van der Waals surface area contributed by atoms with Crippen molar-refractivity contribution in [3.8, 4) is 39.1 Å². The Morgan fingerprint density at radius 2 is 0.923 bits per heavy atom. The van der Waals surface area contributed by atoms with Gasteiger partial charge in [0.25, 0.3) is 0 Å². The van der Waals surface area contributed by atoms with E-state index in [9.17, 15) is 0 Å². The van der Waals surface area contributed by atoms with Gasteiger partial charge in [-0.1, -0.05) is 182 Å². The van der Waals surface area contributed by atoms with Crippen molar-refractivity contribution in [3.63, 3.8) is 0 Å². The minimum Gasteiger partial charge on any atom is -0.455 e. The third-order valence-corrected chi connectivity index (χ3v) is 13.2. The Balaban J connectivity index is 1.05. The van der Waals surface area contributed by atoms with Gasteiger partial charge in [0.05, 0.1) is 16.7 Å². The first-order chi connectivity index (χ1) is 32.2. The van der Waals surface area contributed by atoms with Crippen molar-refractivity contribution in [1.29, 1.82) is 0 Å². The Labute approximate surface area is 376 Å². The fraction of sp³-hybridized carbons (Fsp3) is 0. The van der Waals surface area contributed by atoms with E-state index in [1.807, 2.05) is 12.1 Å². The molecule has 0 atom stereocenters. The first-order valence-electron chi connectivity index (χ1n) is 22.2. The monoisotopic (exact) mass is 828 g/mol. The molecule has 0 unspecified atom stereocenters. The number of para-hydroxylation sites is 4. The van der Waals surface area contributed by atoms with Crippen LogP contribution in [0.4, 0.5) is 17.1 Å². The molecular weight excluding hydrogens is 789 g/mol. The highest BCUT2D eigenvalue weighted by molar-refractivity contribution is 6.14. The van der Waals surface area contributed by atoms with E-state index in [4.69, 9.17) is 4.42 Å². The van der Waals surface area contributed by atoms with Gasteiger partial charge in [0, 0.05) is 49.7 Å². The van der Waals surface area contributed by atoms with Crippen LogP contribution >= 0.6 is 0 Å². The number of anilines is 3. The normalized spacial score (nSPS) is 11.7. The number of hydrogen-bond acceptors (Lipinski definition) is 2. The van der Waals surface area contributed by atoms with E-state index < -0.39 is 0 Å². The van der Waals surface area contributed by atoms with E-state index in [-0.39, 0.29) is 0 Å². The molecule has 0 saturated heterocycles. The predicted molar refractivity (Wildman–Crippen MR) is 274 cm³/mol. The molecule has 0 amide bonds. The number of fused-ring (bicyclic) bond motifs is 9. The average molecular weight is 829 g/mol. The molecule has 0 radical (unpaired) electrons. The molecular formula is C62H40N2O. The van der Waals surface area contributed by atoms with Crippen LogP contribution in [-0.2, 0) is 0 Å². The van der Waals surface area contributed by atoms with Crippen molar-refractivity contribution in [2.75, 3.05) is 4.90 Å². The van der Waals surface area contributed by atoms with Crippen LogP contribution in [0.3, 0.4) is 0 Å². The molecule has 65 heavy (non-hydrogen) atoms. The Bertz CT molecular complexity index is 3900. The lowest BCUT2D eigenvalue weighted by molar-refractivity contribution is 0.670. The summed E-state index contributed by atoms with van der Waals surface area (Å²) in [7, 11) is 0. The number of benzene rings is 11. The van der Waals surface area contributed by atoms with Gasteiger partial charge in [-0.25, -0.2) is 0 Å². The van der Waals surface area contributed by atoms with Gasteiger partial charge in [0.15, 0.2) is 0 Å². The highest BCUT2D eigenvalue weighted by atomic mass is 16.3. The minimum absolute atomic E-state index is 0.897. The van der Waals surface area contributed by atoms with Gasteiger partial charge in [0.2, 0.25) is 0 Å². The maximum absolute atomic E-state index is 6.53. The first-order valence-corrected chi connectivity index (χ1v) is 22.2. The number of aromatic nitrogens is 1. The zero-order valence-electron chi connectivity index (χ0n) is 35.4. The second-order valence-corrected chi connectivity index (χ2v) is 16.8. The molecule has 3 nitrogen and oxygen atoms in total. The molecule has 0 N–H and O–H groups in total. The SMILES string of the molecule is c1ccc(-c2ccc(-c3cc4ccccc4c4ccccc34)cc2N(c2ccc(-c3cccc4c3oc3ccccc34)cc2)c2cccc(-n3c4ccccc4c4ccccc43)c2)cc1. The van der Waals surface area contributed by atoms with Crippen LogP contribution in [-0.4, -0.2) is 4.57 Å². The van der Waals surface area contributed by atoms with E-state index in [0.717, 1.165) is 72.5 Å². The maximum Gasteiger partial charge on any atom is 0.143 e. The Hall–Kier alpha value is -8.66. The molecule has 0 bridgehead atoms. The number of hydrogen-bond donors (Lipinski definition) is 0. The maximum atomic E-state index is 6.53. The van der Waals surface area contributed by atoms with E-state index in [0.29, 0.717) is 0 Å². The summed E-state index contributed by atoms with van der Waals surface area (Å²) in [6.07, 6.45) is 0. The fourth-order valence-electron chi connectivity index (χ4n) is 10.2. The third kappa shape index (κ3) is 6.05. The zero-order valence-corrected chi connectivity index (χ0v) is 35.4. The Kier molecular flexibility index (Phi) is 8.53. The van der Waals surface area contributed by atoms with Crippen molar-refractivity contribution in [1.82, 2.24) is 4.57 Å². The number of rotatable bonds is 7. The summed E-state index contributed by atoms with van der Waals surface area (Å²) in [5, 5.41) is 9.69. The molecule has 0 aliphatic heterocycles. The van der Waals surface area contributed by atoms with E-state index in [1.165, 1.54) is 48.9 Å². The number of nitrogens with zero attached hydrogens (tertiary/aromatic N) is 2. The van der Waals surface area contributed by atoms with E-state index in [2.05, 4.69) is 240 Å². The average Bonchev–Trinajstić information content (AvgIpc) is 3.93. The summed E-state index contributed by atoms with van der Waals surface area (Å²) in [5.74, 6) is 0. The van der Waals surface area contributed by atoms with Gasteiger partial charge < -0.3 is 13.9 Å². The van der Waals surface area contributed by atoms with Crippen LogP contribution in [0, 0.1) is 0 Å². The van der Waals surface area contributed by atoms with Gasteiger partial charge in [-0.2, -0.15) is 0 Å². The molecule has 13 rings (SSSR count). The molecule has 13 aromatic rings. The third-order valence-electron chi connectivity index (χ3n) is 13.2. The van der Waals surface area contributed by atoms with Gasteiger partial charge >= 0.3 is 0 Å². The Morgan fingerprint density at radius 1 is 0.323 bits per heavy atom. The van der Waals surface area contributed by atoms with Crippen molar-refractivity contribution >= 4 is 82.4 Å². The van der Waals surface area contributed by atoms with Crippen molar-refractivity contribution in [2.45, 2.75) is 0 Å². The van der Waals surface area contributed by atoms with Crippen LogP contribution in [0.1, 0.15) is 0 Å². The van der Waals surface area contributed by atoms with Gasteiger partial charge in [-0.15, -0.1) is 0 Å². The molecule has 2 heterocycles. The van der Waals surface area contributed by atoms with Crippen LogP contribution in [0.25, 0.3) is 104 Å². The summed E-state index contributed by atoms with van der Waals surface area (Å²) < 4.78 is 8.93. The molecule has 0 aliphatic rings. The summed E-state index contributed by atoms with van der Waals surface area (Å²) in [4.78, 5) is 2.44. The molecule has 304 valence electrons. The Morgan fingerprint density at radius 3 is 1.71 bits per heavy atom. The highest BCUT2D eigenvalue weighted by Gasteiger charge is 2.22. The summed E-state index contributed by atoms with van der Waals surface area (Å²) in [6, 6.07) is 87.9. The van der Waals surface area contributed by atoms with Crippen LogP contribution in [0.2, 0.25) is 0 Å². The lowest BCUT2D eigenvalue weighted by Crippen LogP contribution is -2.12. The molecule has 3 heteroatoms. The van der Waals surface area contributed by atoms with Crippen LogP contribution < -0.4 is 4.90 Å². The second-order valence-electron chi connectivity index (χ2n) is 16.8. The van der Waals surface area contributed by atoms with Gasteiger partial charge in [-0.05, 0) is 104 Å². The summed E-state index contributed by atoms with van der Waals surface area (Å²) in [5.41, 5.74) is 15.2. The van der Waals surface area contributed by atoms with E-state index >= 15 is 0 Å². The molecule has 0 fully saturated rings. The molecule has 0 spiro atoms. The van der Waals surface area contributed by atoms with Crippen molar-refractivity contribution in [3.05, 3.63) is 243 Å². The quantitative estimate of drug-likeness (QED) is 0.149. The van der Waals surface area contributed by atoms with Crippen molar-refractivity contribution < 1.29 is 4.42 Å². The molecule has 0 aliphatic carbocycles. The lowest BCUT2D eigenvalue weighted by atomic mass is 9.91. The molecule has 0 saturated carbocycles. The number of furan rings is 1. The smallest absolute Gasteiger partial charge is 0.143 e. The zero-order chi connectivity index (χ0) is 42.8. The lowest BCUT2D eigenvalue weighted by Gasteiger charge is -2.29. The van der Waals surface area contributed by atoms with Gasteiger partial charge in [-0.3, -0.25) is 0 Å². The van der Waals surface area contributed by atoms with Gasteiger partial charge in [0.1, 0.15) is 11.2 Å². The van der Waals surface area contributed by atoms with Crippen LogP contribution in [0.5, 0.6) is 0 Å². The molecule has 11 aromatic carbocycles. The summed E-state index contributed by atoms with van der Waals surface area (Å²) in [6.45, 7) is 0. The predicted octanol–water partition coefficient (Wildman–Crippen LogP) is 17.5. The standard InChI is InChI=1S/C62H40N2O/c1-2-16-41(17-3-1)49-37-34-44(57-38-43-18-4-5-21-48(43)51-22-6-7-23-52(51)57)39-60(49)63(45-35-32-42(33-36-45)50-27-15-28-56-55-26-10-13-31-61(55)65-62(50)56)46-19-14-20-47(40-46)64-58-29-11-8-24-53(58)54-25-9-12-30-59(54)64/h1-40H. The van der Waals surface area contributed by atoms with Crippen molar-refractivity contribution in [2.24, 2.45) is 0 Å². The second kappa shape index (κ2) is 15.0.